The molecule has 6 nitrogen and oxygen atoms in total. The van der Waals surface area contributed by atoms with Crippen molar-refractivity contribution < 1.29 is 24.5 Å². The maximum Gasteiger partial charge on any atom is 0.290 e. The number of ether oxygens (including phenoxy) is 1. The van der Waals surface area contributed by atoms with Crippen LogP contribution in [0.25, 0.3) is 6.08 Å². The first kappa shape index (κ1) is 21.8. The molecule has 1 aliphatic heterocycles. The summed E-state index contributed by atoms with van der Waals surface area (Å²) in [7, 11) is 0. The summed E-state index contributed by atoms with van der Waals surface area (Å²) in [5.74, 6) is -1.66. The summed E-state index contributed by atoms with van der Waals surface area (Å²) < 4.78 is 5.27. The molecule has 0 saturated heterocycles. The summed E-state index contributed by atoms with van der Waals surface area (Å²) >= 11 is 5.98. The van der Waals surface area contributed by atoms with Gasteiger partial charge in [0.15, 0.2) is 11.5 Å². The monoisotopic (exact) mass is 427 g/mol. The van der Waals surface area contributed by atoms with Crippen LogP contribution in [0.1, 0.15) is 17.2 Å². The molecule has 1 aliphatic rings. The minimum Gasteiger partial charge on any atom is -0.503 e. The highest BCUT2D eigenvalue weighted by molar-refractivity contribution is 6.30. The van der Waals surface area contributed by atoms with Gasteiger partial charge in [-0.1, -0.05) is 60.1 Å². The summed E-state index contributed by atoms with van der Waals surface area (Å²) in [6, 6.07) is 15.3. The number of hydrogen-bond acceptors (Lipinski definition) is 5. The molecular weight excluding hydrogens is 406 g/mol. The zero-order chi connectivity index (χ0) is 21.5. The van der Waals surface area contributed by atoms with Gasteiger partial charge in [-0.2, -0.15) is 0 Å². The lowest BCUT2D eigenvalue weighted by molar-refractivity contribution is -0.130. The Balaban J connectivity index is 1.91. The number of carbonyl (C=O) groups is 2. The summed E-state index contributed by atoms with van der Waals surface area (Å²) in [6.45, 7) is 0.311. The summed E-state index contributed by atoms with van der Waals surface area (Å²) in [5, 5.41) is 19.9. The number of nitrogens with zero attached hydrogens (tertiary/aromatic N) is 1. The van der Waals surface area contributed by atoms with Gasteiger partial charge in [0.25, 0.3) is 5.91 Å². The van der Waals surface area contributed by atoms with Gasteiger partial charge in [-0.15, -0.1) is 0 Å². The first-order valence-electron chi connectivity index (χ1n) is 9.48. The molecule has 1 amide bonds. The van der Waals surface area contributed by atoms with Crippen molar-refractivity contribution in [2.45, 2.75) is 6.04 Å². The van der Waals surface area contributed by atoms with Crippen LogP contribution in [-0.4, -0.2) is 53.2 Å². The van der Waals surface area contributed by atoms with E-state index in [9.17, 15) is 14.7 Å². The molecule has 1 heterocycles. The second-order valence-corrected chi connectivity index (χ2v) is 7.10. The molecule has 2 N–H and O–H groups in total. The van der Waals surface area contributed by atoms with Crippen LogP contribution in [0.2, 0.25) is 5.02 Å². The van der Waals surface area contributed by atoms with Crippen LogP contribution in [0, 0.1) is 0 Å². The molecular formula is C23H22ClNO5. The van der Waals surface area contributed by atoms with E-state index in [4.69, 9.17) is 21.4 Å². The zero-order valence-corrected chi connectivity index (χ0v) is 17.0. The molecule has 0 radical (unpaired) electrons. The van der Waals surface area contributed by atoms with E-state index in [-0.39, 0.29) is 31.9 Å². The minimum atomic E-state index is -0.764. The number of amides is 1. The molecule has 30 heavy (non-hydrogen) atoms. The highest BCUT2D eigenvalue weighted by atomic mass is 35.5. The fourth-order valence-electron chi connectivity index (χ4n) is 3.28. The highest BCUT2D eigenvalue weighted by Crippen LogP contribution is 2.38. The first-order chi connectivity index (χ1) is 14.5. The Morgan fingerprint density at radius 1 is 1.10 bits per heavy atom. The van der Waals surface area contributed by atoms with E-state index in [2.05, 4.69) is 0 Å². The topological polar surface area (TPSA) is 87.1 Å². The van der Waals surface area contributed by atoms with Crippen molar-refractivity contribution in [2.24, 2.45) is 0 Å². The Hall–Kier alpha value is -2.93. The molecule has 1 atom stereocenters. The number of aliphatic hydroxyl groups excluding tert-OH is 2. The zero-order valence-electron chi connectivity index (χ0n) is 16.2. The molecule has 3 rings (SSSR count). The fraction of sp³-hybridized carbons (Fsp3) is 0.217. The number of halogens is 1. The average Bonchev–Trinajstić information content (AvgIpc) is 3.01. The van der Waals surface area contributed by atoms with Gasteiger partial charge in [0.05, 0.1) is 31.4 Å². The Bertz CT molecular complexity index is 953. The molecule has 0 spiro atoms. The lowest BCUT2D eigenvalue weighted by atomic mass is 9.95. The van der Waals surface area contributed by atoms with E-state index in [1.807, 2.05) is 30.3 Å². The summed E-state index contributed by atoms with van der Waals surface area (Å²) in [5.41, 5.74) is 1.49. The SMILES string of the molecule is O=C(C=Cc1ccccc1)C1=C(O)C(=O)N(CCOCCO)C1c1ccc(Cl)cc1. The summed E-state index contributed by atoms with van der Waals surface area (Å²) in [4.78, 5) is 27.1. The Morgan fingerprint density at radius 2 is 1.80 bits per heavy atom. The maximum atomic E-state index is 13.0. The van der Waals surface area contributed by atoms with Crippen molar-refractivity contribution >= 4 is 29.4 Å². The van der Waals surface area contributed by atoms with Gasteiger partial charge in [0.2, 0.25) is 0 Å². The largest absolute Gasteiger partial charge is 0.503 e. The molecule has 156 valence electrons. The van der Waals surface area contributed by atoms with Gasteiger partial charge in [-0.05, 0) is 29.3 Å². The quantitative estimate of drug-likeness (QED) is 0.473. The molecule has 0 bridgehead atoms. The van der Waals surface area contributed by atoms with Gasteiger partial charge < -0.3 is 19.8 Å². The van der Waals surface area contributed by atoms with Gasteiger partial charge in [-0.3, -0.25) is 9.59 Å². The minimum absolute atomic E-state index is 0.0108. The Kier molecular flexibility index (Phi) is 7.41. The molecule has 2 aromatic carbocycles. The molecule has 7 heteroatoms. The van der Waals surface area contributed by atoms with E-state index in [1.54, 1.807) is 30.3 Å². The normalized spacial score (nSPS) is 16.7. The maximum absolute atomic E-state index is 13.0. The van der Waals surface area contributed by atoms with Crippen molar-refractivity contribution in [3.8, 4) is 0 Å². The van der Waals surface area contributed by atoms with E-state index in [1.165, 1.54) is 11.0 Å². The van der Waals surface area contributed by atoms with Gasteiger partial charge >= 0.3 is 0 Å². The number of benzene rings is 2. The molecule has 0 aromatic heterocycles. The Labute approximate surface area is 179 Å². The molecule has 2 aromatic rings. The number of hydrogen-bond donors (Lipinski definition) is 2. The second-order valence-electron chi connectivity index (χ2n) is 6.66. The van der Waals surface area contributed by atoms with E-state index in [0.29, 0.717) is 10.6 Å². The number of allylic oxidation sites excluding steroid dienone is 1. The van der Waals surface area contributed by atoms with Crippen molar-refractivity contribution in [1.82, 2.24) is 4.90 Å². The number of rotatable bonds is 9. The molecule has 0 saturated carbocycles. The van der Waals surface area contributed by atoms with Crippen LogP contribution in [0.5, 0.6) is 0 Å². The predicted octanol–water partition coefficient (Wildman–Crippen LogP) is 3.33. The van der Waals surface area contributed by atoms with Crippen LogP contribution >= 0.6 is 11.6 Å². The lowest BCUT2D eigenvalue weighted by Crippen LogP contribution is -2.34. The van der Waals surface area contributed by atoms with Gasteiger partial charge in [0, 0.05) is 11.6 Å². The highest BCUT2D eigenvalue weighted by Gasteiger charge is 2.42. The van der Waals surface area contributed by atoms with E-state index >= 15 is 0 Å². The van der Waals surface area contributed by atoms with Crippen LogP contribution < -0.4 is 0 Å². The summed E-state index contributed by atoms with van der Waals surface area (Å²) in [6.07, 6.45) is 2.99. The first-order valence-corrected chi connectivity index (χ1v) is 9.86. The average molecular weight is 428 g/mol. The van der Waals surface area contributed by atoms with Crippen LogP contribution in [0.15, 0.2) is 72.0 Å². The van der Waals surface area contributed by atoms with Crippen LogP contribution in [0.3, 0.4) is 0 Å². The van der Waals surface area contributed by atoms with Gasteiger partial charge in [-0.25, -0.2) is 0 Å². The lowest BCUT2D eigenvalue weighted by Gasteiger charge is -2.26. The van der Waals surface area contributed by atoms with Crippen molar-refractivity contribution in [3.63, 3.8) is 0 Å². The molecule has 1 unspecified atom stereocenters. The fourth-order valence-corrected chi connectivity index (χ4v) is 3.41. The predicted molar refractivity (Wildman–Crippen MR) is 114 cm³/mol. The molecule has 0 aliphatic carbocycles. The Morgan fingerprint density at radius 3 is 2.47 bits per heavy atom. The number of aliphatic hydroxyl groups is 2. The third kappa shape index (κ3) is 4.97. The standard InChI is InChI=1S/C23H22ClNO5/c24-18-9-7-17(8-10-18)21-20(19(27)11-6-16-4-2-1-3-5-16)22(28)23(29)25(21)12-14-30-15-13-26/h1-11,21,26,28H,12-15H2. The third-order valence-corrected chi connectivity index (χ3v) is 4.95. The van der Waals surface area contributed by atoms with Crippen molar-refractivity contribution in [3.05, 3.63) is 88.2 Å². The smallest absolute Gasteiger partial charge is 0.290 e. The second kappa shape index (κ2) is 10.2. The third-order valence-electron chi connectivity index (χ3n) is 4.69. The van der Waals surface area contributed by atoms with Crippen molar-refractivity contribution in [2.75, 3.05) is 26.4 Å². The van der Waals surface area contributed by atoms with E-state index in [0.717, 1.165) is 5.56 Å². The van der Waals surface area contributed by atoms with Gasteiger partial charge in [0.1, 0.15) is 0 Å². The number of carbonyl (C=O) groups excluding carboxylic acids is 2. The molecule has 0 fully saturated rings. The van der Waals surface area contributed by atoms with Crippen LogP contribution in [0.4, 0.5) is 0 Å². The van der Waals surface area contributed by atoms with Crippen molar-refractivity contribution in [1.29, 1.82) is 0 Å². The van der Waals surface area contributed by atoms with Crippen LogP contribution in [-0.2, 0) is 14.3 Å². The van der Waals surface area contributed by atoms with E-state index < -0.39 is 23.5 Å². The number of ketones is 1.